The molecular formula is C13H22N2O. The molecule has 2 aliphatic carbocycles. The van der Waals surface area contributed by atoms with Gasteiger partial charge in [0.2, 0.25) is 5.91 Å². The summed E-state index contributed by atoms with van der Waals surface area (Å²) in [6.45, 7) is 3.07. The molecule has 0 aromatic heterocycles. The van der Waals surface area contributed by atoms with Crippen molar-refractivity contribution >= 4 is 5.91 Å². The topological polar surface area (TPSA) is 32.3 Å². The van der Waals surface area contributed by atoms with Crippen LogP contribution in [0, 0.1) is 5.92 Å². The predicted octanol–water partition coefficient (Wildman–Crippen LogP) is 1.88. The predicted molar refractivity (Wildman–Crippen MR) is 62.9 cm³/mol. The van der Waals surface area contributed by atoms with Gasteiger partial charge in [-0.2, -0.15) is 0 Å². The second kappa shape index (κ2) is 3.73. The van der Waals surface area contributed by atoms with Crippen molar-refractivity contribution in [1.29, 1.82) is 0 Å². The summed E-state index contributed by atoms with van der Waals surface area (Å²) in [5, 5.41) is 3.43. The van der Waals surface area contributed by atoms with Crippen molar-refractivity contribution in [1.82, 2.24) is 10.2 Å². The van der Waals surface area contributed by atoms with Crippen molar-refractivity contribution in [2.24, 2.45) is 5.92 Å². The standard InChI is InChI=1S/C13H22N2O/c1-2-10-5-3-4-6-11(10)15-9-14-13(7-8-13)12(15)16/h10-11,14H,2-9H2,1H3. The van der Waals surface area contributed by atoms with Crippen molar-refractivity contribution in [3.05, 3.63) is 0 Å². The number of nitrogens with one attached hydrogen (secondary N) is 1. The maximum Gasteiger partial charge on any atom is 0.244 e. The average molecular weight is 222 g/mol. The first-order valence-electron chi connectivity index (χ1n) is 6.83. The van der Waals surface area contributed by atoms with Gasteiger partial charge in [-0.25, -0.2) is 0 Å². The van der Waals surface area contributed by atoms with Gasteiger partial charge in [-0.05, 0) is 31.6 Å². The first-order valence-corrected chi connectivity index (χ1v) is 6.83. The first kappa shape index (κ1) is 10.6. The Balaban J connectivity index is 1.74. The number of carbonyl (C=O) groups is 1. The van der Waals surface area contributed by atoms with Gasteiger partial charge < -0.3 is 4.90 Å². The van der Waals surface area contributed by atoms with E-state index in [0.29, 0.717) is 11.9 Å². The molecule has 90 valence electrons. The zero-order valence-corrected chi connectivity index (χ0v) is 10.2. The van der Waals surface area contributed by atoms with Crippen LogP contribution in [0.1, 0.15) is 51.9 Å². The lowest BCUT2D eigenvalue weighted by Gasteiger charge is -2.37. The highest BCUT2D eigenvalue weighted by Gasteiger charge is 2.57. The van der Waals surface area contributed by atoms with Gasteiger partial charge in [0.1, 0.15) is 0 Å². The van der Waals surface area contributed by atoms with Gasteiger partial charge in [-0.1, -0.05) is 26.2 Å². The first-order chi connectivity index (χ1) is 7.77. The van der Waals surface area contributed by atoms with Crippen LogP contribution >= 0.6 is 0 Å². The van der Waals surface area contributed by atoms with Crippen LogP contribution in [0.3, 0.4) is 0 Å². The Bertz CT molecular complexity index is 298. The van der Waals surface area contributed by atoms with Gasteiger partial charge in [0, 0.05) is 6.04 Å². The summed E-state index contributed by atoms with van der Waals surface area (Å²) in [6.07, 6.45) is 8.55. The zero-order chi connectivity index (χ0) is 11.2. The minimum Gasteiger partial charge on any atom is -0.325 e. The van der Waals surface area contributed by atoms with E-state index in [9.17, 15) is 4.79 Å². The molecule has 1 N–H and O–H groups in total. The Kier molecular flexibility index (Phi) is 2.46. The third-order valence-corrected chi connectivity index (χ3v) is 4.80. The zero-order valence-electron chi connectivity index (χ0n) is 10.2. The fourth-order valence-corrected chi connectivity index (χ4v) is 3.52. The minimum atomic E-state index is -0.101. The number of nitrogens with zero attached hydrogens (tertiary/aromatic N) is 1. The maximum atomic E-state index is 12.3. The Morgan fingerprint density at radius 1 is 1.38 bits per heavy atom. The van der Waals surface area contributed by atoms with Gasteiger partial charge in [0.25, 0.3) is 0 Å². The lowest BCUT2D eigenvalue weighted by molar-refractivity contribution is -0.133. The summed E-state index contributed by atoms with van der Waals surface area (Å²) in [7, 11) is 0. The van der Waals surface area contributed by atoms with Crippen LogP contribution < -0.4 is 5.32 Å². The summed E-state index contributed by atoms with van der Waals surface area (Å²) < 4.78 is 0. The molecule has 1 saturated heterocycles. The molecule has 3 fully saturated rings. The molecule has 1 amide bonds. The Morgan fingerprint density at radius 2 is 2.12 bits per heavy atom. The third-order valence-electron chi connectivity index (χ3n) is 4.80. The maximum absolute atomic E-state index is 12.3. The number of rotatable bonds is 2. The van der Waals surface area contributed by atoms with E-state index in [0.717, 1.165) is 25.4 Å². The highest BCUT2D eigenvalue weighted by Crippen LogP contribution is 2.43. The van der Waals surface area contributed by atoms with Crippen LogP contribution in [0.4, 0.5) is 0 Å². The minimum absolute atomic E-state index is 0.101. The second-order valence-corrected chi connectivity index (χ2v) is 5.71. The fraction of sp³-hybridized carbons (Fsp3) is 0.923. The number of amides is 1. The lowest BCUT2D eigenvalue weighted by atomic mass is 9.82. The molecule has 16 heavy (non-hydrogen) atoms. The summed E-state index contributed by atoms with van der Waals surface area (Å²) in [5.74, 6) is 1.14. The highest BCUT2D eigenvalue weighted by molar-refractivity contribution is 5.91. The average Bonchev–Trinajstić information content (AvgIpc) is 3.03. The van der Waals surface area contributed by atoms with Crippen molar-refractivity contribution in [3.63, 3.8) is 0 Å². The Labute approximate surface area is 97.6 Å². The SMILES string of the molecule is CCC1CCCCC1N1CNC2(CC2)C1=O. The highest BCUT2D eigenvalue weighted by atomic mass is 16.2. The number of carbonyl (C=O) groups excluding carboxylic acids is 1. The molecule has 3 nitrogen and oxygen atoms in total. The summed E-state index contributed by atoms with van der Waals surface area (Å²) >= 11 is 0. The number of hydrogen-bond donors (Lipinski definition) is 1. The smallest absolute Gasteiger partial charge is 0.244 e. The molecule has 0 radical (unpaired) electrons. The molecule has 3 rings (SSSR count). The molecular weight excluding hydrogens is 200 g/mol. The van der Waals surface area contributed by atoms with Gasteiger partial charge in [-0.3, -0.25) is 10.1 Å². The molecule has 2 atom stereocenters. The van der Waals surface area contributed by atoms with Crippen LogP contribution in [-0.2, 0) is 4.79 Å². The molecule has 1 aliphatic heterocycles. The molecule has 1 spiro atoms. The van der Waals surface area contributed by atoms with Crippen molar-refractivity contribution in [3.8, 4) is 0 Å². The van der Waals surface area contributed by atoms with Crippen molar-refractivity contribution in [2.75, 3.05) is 6.67 Å². The molecule has 3 aliphatic rings. The molecule has 2 unspecified atom stereocenters. The van der Waals surface area contributed by atoms with E-state index in [4.69, 9.17) is 0 Å². The Hall–Kier alpha value is -0.570. The normalized spacial score (nSPS) is 37.1. The lowest BCUT2D eigenvalue weighted by Crippen LogP contribution is -2.44. The van der Waals surface area contributed by atoms with Gasteiger partial charge in [0.15, 0.2) is 0 Å². The molecule has 2 saturated carbocycles. The van der Waals surface area contributed by atoms with Crippen LogP contribution in [0.2, 0.25) is 0 Å². The van der Waals surface area contributed by atoms with E-state index in [-0.39, 0.29) is 5.54 Å². The van der Waals surface area contributed by atoms with Crippen LogP contribution in [-0.4, -0.2) is 29.1 Å². The van der Waals surface area contributed by atoms with Gasteiger partial charge in [-0.15, -0.1) is 0 Å². The molecule has 0 aromatic carbocycles. The van der Waals surface area contributed by atoms with Crippen molar-refractivity contribution < 1.29 is 4.79 Å². The van der Waals surface area contributed by atoms with E-state index in [1.807, 2.05) is 0 Å². The van der Waals surface area contributed by atoms with E-state index in [2.05, 4.69) is 17.1 Å². The summed E-state index contributed by atoms with van der Waals surface area (Å²) in [6, 6.07) is 0.527. The third kappa shape index (κ3) is 1.48. The Morgan fingerprint density at radius 3 is 2.75 bits per heavy atom. The van der Waals surface area contributed by atoms with Crippen molar-refractivity contribution in [2.45, 2.75) is 63.5 Å². The molecule has 0 aromatic rings. The largest absolute Gasteiger partial charge is 0.325 e. The quantitative estimate of drug-likeness (QED) is 0.773. The van der Waals surface area contributed by atoms with E-state index >= 15 is 0 Å². The van der Waals surface area contributed by atoms with E-state index < -0.39 is 0 Å². The molecule has 1 heterocycles. The van der Waals surface area contributed by atoms with Crippen LogP contribution in [0.5, 0.6) is 0 Å². The fourth-order valence-electron chi connectivity index (χ4n) is 3.52. The summed E-state index contributed by atoms with van der Waals surface area (Å²) in [5.41, 5.74) is -0.101. The van der Waals surface area contributed by atoms with E-state index in [1.54, 1.807) is 0 Å². The molecule has 0 bridgehead atoms. The summed E-state index contributed by atoms with van der Waals surface area (Å²) in [4.78, 5) is 14.5. The van der Waals surface area contributed by atoms with Gasteiger partial charge >= 0.3 is 0 Å². The second-order valence-electron chi connectivity index (χ2n) is 5.71. The van der Waals surface area contributed by atoms with Crippen LogP contribution in [0.15, 0.2) is 0 Å². The number of hydrogen-bond acceptors (Lipinski definition) is 2. The molecule has 3 heteroatoms. The van der Waals surface area contributed by atoms with Crippen LogP contribution in [0.25, 0.3) is 0 Å². The monoisotopic (exact) mass is 222 g/mol. The van der Waals surface area contributed by atoms with E-state index in [1.165, 1.54) is 32.1 Å². The van der Waals surface area contributed by atoms with Gasteiger partial charge in [0.05, 0.1) is 12.2 Å².